The maximum atomic E-state index is 13.4. The monoisotopic (exact) mass is 435 g/mol. The predicted molar refractivity (Wildman–Crippen MR) is 125 cm³/mol. The van der Waals surface area contributed by atoms with Crippen LogP contribution < -0.4 is 15.0 Å². The molecule has 168 valence electrons. The average molecular weight is 436 g/mol. The lowest BCUT2D eigenvalue weighted by Crippen LogP contribution is -2.30. The highest BCUT2D eigenvalue weighted by atomic mass is 16.5. The molecular formula is C25H29N3O4. The van der Waals surface area contributed by atoms with E-state index in [0.29, 0.717) is 42.3 Å². The molecule has 0 bridgehead atoms. The van der Waals surface area contributed by atoms with Crippen molar-refractivity contribution < 1.29 is 18.7 Å². The summed E-state index contributed by atoms with van der Waals surface area (Å²) in [6, 6.07) is 16.4. The molecule has 0 aliphatic rings. The first-order chi connectivity index (χ1) is 15.4. The van der Waals surface area contributed by atoms with Crippen molar-refractivity contribution in [3.63, 3.8) is 0 Å². The van der Waals surface area contributed by atoms with Gasteiger partial charge in [-0.05, 0) is 60.2 Å². The minimum Gasteiger partial charge on any atom is -0.497 e. The van der Waals surface area contributed by atoms with Gasteiger partial charge in [0.25, 0.3) is 5.91 Å². The van der Waals surface area contributed by atoms with E-state index in [4.69, 9.17) is 9.15 Å². The molecule has 3 aromatic rings. The summed E-state index contributed by atoms with van der Waals surface area (Å²) >= 11 is 0. The van der Waals surface area contributed by atoms with Crippen LogP contribution in [0.1, 0.15) is 35.0 Å². The summed E-state index contributed by atoms with van der Waals surface area (Å²) in [5.74, 6) is 1.19. The number of nitrogens with zero attached hydrogens (tertiary/aromatic N) is 2. The Morgan fingerprint density at radius 3 is 2.38 bits per heavy atom. The maximum absolute atomic E-state index is 13.4. The number of carbonyl (C=O) groups is 2. The SMILES string of the molecule is CCC(=O)Nc1ccc(N(C)C)c(CN(Cc2ccco2)C(=O)c2ccc(OC)cc2)c1. The minimum absolute atomic E-state index is 0.0599. The lowest BCUT2D eigenvalue weighted by molar-refractivity contribution is -0.115. The van der Waals surface area contributed by atoms with Crippen molar-refractivity contribution in [1.82, 2.24) is 4.90 Å². The maximum Gasteiger partial charge on any atom is 0.254 e. The third-order valence-corrected chi connectivity index (χ3v) is 5.08. The number of hydrogen-bond acceptors (Lipinski definition) is 5. The first kappa shape index (κ1) is 22.9. The molecule has 32 heavy (non-hydrogen) atoms. The Kier molecular flexibility index (Phi) is 7.54. The van der Waals surface area contributed by atoms with E-state index < -0.39 is 0 Å². The molecule has 1 heterocycles. The van der Waals surface area contributed by atoms with Crippen LogP contribution in [0.15, 0.2) is 65.3 Å². The molecule has 0 aliphatic carbocycles. The van der Waals surface area contributed by atoms with E-state index in [-0.39, 0.29) is 11.8 Å². The Labute approximate surface area is 188 Å². The van der Waals surface area contributed by atoms with Crippen LogP contribution in [0.3, 0.4) is 0 Å². The van der Waals surface area contributed by atoms with Crippen LogP contribution in [-0.2, 0) is 17.9 Å². The highest BCUT2D eigenvalue weighted by Gasteiger charge is 2.20. The summed E-state index contributed by atoms with van der Waals surface area (Å²) in [5.41, 5.74) is 3.13. The molecule has 0 atom stereocenters. The van der Waals surface area contributed by atoms with Gasteiger partial charge < -0.3 is 24.3 Å². The van der Waals surface area contributed by atoms with Crippen LogP contribution in [0.5, 0.6) is 5.75 Å². The van der Waals surface area contributed by atoms with E-state index >= 15 is 0 Å². The van der Waals surface area contributed by atoms with E-state index in [1.54, 1.807) is 48.6 Å². The minimum atomic E-state index is -0.128. The molecular weight excluding hydrogens is 406 g/mol. The average Bonchev–Trinajstić information content (AvgIpc) is 3.31. The fourth-order valence-corrected chi connectivity index (χ4v) is 3.39. The third-order valence-electron chi connectivity index (χ3n) is 5.08. The van der Waals surface area contributed by atoms with Gasteiger partial charge in [-0.1, -0.05) is 6.92 Å². The number of rotatable bonds is 9. The predicted octanol–water partition coefficient (Wildman–Crippen LogP) is 4.55. The number of anilines is 2. The van der Waals surface area contributed by atoms with Crippen molar-refractivity contribution in [3.8, 4) is 5.75 Å². The van der Waals surface area contributed by atoms with Gasteiger partial charge in [-0.15, -0.1) is 0 Å². The van der Waals surface area contributed by atoms with Gasteiger partial charge in [0.2, 0.25) is 5.91 Å². The molecule has 2 aromatic carbocycles. The Balaban J connectivity index is 1.94. The van der Waals surface area contributed by atoms with Gasteiger partial charge in [0, 0.05) is 44.0 Å². The first-order valence-electron chi connectivity index (χ1n) is 10.5. The quantitative estimate of drug-likeness (QED) is 0.534. The highest BCUT2D eigenvalue weighted by molar-refractivity contribution is 5.94. The second kappa shape index (κ2) is 10.5. The van der Waals surface area contributed by atoms with Gasteiger partial charge in [0.1, 0.15) is 11.5 Å². The van der Waals surface area contributed by atoms with Crippen molar-refractivity contribution in [1.29, 1.82) is 0 Å². The van der Waals surface area contributed by atoms with E-state index in [1.165, 1.54) is 0 Å². The van der Waals surface area contributed by atoms with E-state index in [0.717, 1.165) is 11.3 Å². The summed E-state index contributed by atoms with van der Waals surface area (Å²) in [6.07, 6.45) is 1.99. The summed E-state index contributed by atoms with van der Waals surface area (Å²) in [6.45, 7) is 2.47. The van der Waals surface area contributed by atoms with Crippen molar-refractivity contribution >= 4 is 23.2 Å². The number of carbonyl (C=O) groups excluding carboxylic acids is 2. The Morgan fingerprint density at radius 1 is 1.03 bits per heavy atom. The van der Waals surface area contributed by atoms with Gasteiger partial charge in [-0.25, -0.2) is 0 Å². The number of nitrogens with one attached hydrogen (secondary N) is 1. The van der Waals surface area contributed by atoms with Crippen LogP contribution in [0.25, 0.3) is 0 Å². The zero-order valence-corrected chi connectivity index (χ0v) is 18.9. The standard InChI is InChI=1S/C25H29N3O4/c1-5-24(29)26-20-10-13-23(27(2)3)19(15-20)16-28(17-22-7-6-14-32-22)25(30)18-8-11-21(31-4)12-9-18/h6-15H,5,16-17H2,1-4H3,(H,26,29). The third kappa shape index (κ3) is 5.69. The lowest BCUT2D eigenvalue weighted by atomic mass is 10.1. The number of methoxy groups -OCH3 is 1. The number of ether oxygens (including phenoxy) is 1. The van der Waals surface area contributed by atoms with Crippen LogP contribution in [-0.4, -0.2) is 37.9 Å². The topological polar surface area (TPSA) is 75.0 Å². The van der Waals surface area contributed by atoms with Crippen molar-refractivity contribution in [2.45, 2.75) is 26.4 Å². The van der Waals surface area contributed by atoms with Crippen LogP contribution in [0.4, 0.5) is 11.4 Å². The number of furan rings is 1. The molecule has 1 aromatic heterocycles. The molecule has 0 spiro atoms. The normalized spacial score (nSPS) is 10.5. The largest absolute Gasteiger partial charge is 0.497 e. The fourth-order valence-electron chi connectivity index (χ4n) is 3.39. The highest BCUT2D eigenvalue weighted by Crippen LogP contribution is 2.26. The first-order valence-corrected chi connectivity index (χ1v) is 10.5. The van der Waals surface area contributed by atoms with Gasteiger partial charge in [0.15, 0.2) is 0 Å². The van der Waals surface area contributed by atoms with Crippen LogP contribution in [0, 0.1) is 0 Å². The molecule has 7 nitrogen and oxygen atoms in total. The van der Waals surface area contributed by atoms with Crippen molar-refractivity contribution in [2.75, 3.05) is 31.4 Å². The molecule has 0 radical (unpaired) electrons. The second-order valence-corrected chi connectivity index (χ2v) is 7.61. The van der Waals surface area contributed by atoms with Crippen molar-refractivity contribution in [2.24, 2.45) is 0 Å². The van der Waals surface area contributed by atoms with Crippen molar-refractivity contribution in [3.05, 3.63) is 77.7 Å². The summed E-state index contributed by atoms with van der Waals surface area (Å²) in [4.78, 5) is 29.0. The van der Waals surface area contributed by atoms with E-state index in [1.807, 2.05) is 50.2 Å². The Morgan fingerprint density at radius 2 is 1.78 bits per heavy atom. The van der Waals surface area contributed by atoms with Gasteiger partial charge >= 0.3 is 0 Å². The number of hydrogen-bond donors (Lipinski definition) is 1. The van der Waals surface area contributed by atoms with Gasteiger partial charge in [0.05, 0.1) is 19.9 Å². The molecule has 1 N–H and O–H groups in total. The van der Waals surface area contributed by atoms with Crippen LogP contribution in [0.2, 0.25) is 0 Å². The van der Waals surface area contributed by atoms with E-state index in [9.17, 15) is 9.59 Å². The molecule has 0 aliphatic heterocycles. The van der Waals surface area contributed by atoms with Gasteiger partial charge in [-0.3, -0.25) is 9.59 Å². The second-order valence-electron chi connectivity index (χ2n) is 7.61. The fraction of sp³-hybridized carbons (Fsp3) is 0.280. The number of amides is 2. The van der Waals surface area contributed by atoms with Crippen LogP contribution >= 0.6 is 0 Å². The molecule has 7 heteroatoms. The van der Waals surface area contributed by atoms with Gasteiger partial charge in [-0.2, -0.15) is 0 Å². The number of benzene rings is 2. The smallest absolute Gasteiger partial charge is 0.254 e. The molecule has 0 unspecified atom stereocenters. The zero-order chi connectivity index (χ0) is 23.1. The Hall–Kier alpha value is -3.74. The molecule has 3 rings (SSSR count). The lowest BCUT2D eigenvalue weighted by Gasteiger charge is -2.26. The molecule has 0 fully saturated rings. The molecule has 2 amide bonds. The van der Waals surface area contributed by atoms with E-state index in [2.05, 4.69) is 5.32 Å². The molecule has 0 saturated carbocycles. The summed E-state index contributed by atoms with van der Waals surface area (Å²) < 4.78 is 10.7. The Bertz CT molecular complexity index is 1040. The molecule has 0 saturated heterocycles. The summed E-state index contributed by atoms with van der Waals surface area (Å²) in [7, 11) is 5.49. The zero-order valence-electron chi connectivity index (χ0n) is 18.9. The summed E-state index contributed by atoms with van der Waals surface area (Å²) in [5, 5.41) is 2.90.